The molecule has 2 aromatic heterocycles. The summed E-state index contributed by atoms with van der Waals surface area (Å²) in [4.78, 5) is 12.2. The summed E-state index contributed by atoms with van der Waals surface area (Å²) < 4.78 is 11.9. The first-order valence-electron chi connectivity index (χ1n) is 7.61. The molecule has 0 saturated carbocycles. The Morgan fingerprint density at radius 1 is 1.26 bits per heavy atom. The van der Waals surface area contributed by atoms with Crippen LogP contribution < -0.4 is 15.8 Å². The number of hydrogen-bond donors (Lipinski definition) is 2. The zero-order chi connectivity index (χ0) is 18.8. The maximum atomic E-state index is 11.2. The first-order valence-corrected chi connectivity index (χ1v) is 9.96. The fraction of sp³-hybridized carbons (Fsp3) is 0. The zero-order valence-corrected chi connectivity index (χ0v) is 16.7. The van der Waals surface area contributed by atoms with Crippen molar-refractivity contribution in [1.82, 2.24) is 10.2 Å². The molecule has 1 aromatic carbocycles. The summed E-state index contributed by atoms with van der Waals surface area (Å²) in [5.74, 6) is 0.608. The summed E-state index contributed by atoms with van der Waals surface area (Å²) in [5, 5.41) is 12.9. The van der Waals surface area contributed by atoms with Crippen molar-refractivity contribution in [2.75, 3.05) is 5.32 Å². The maximum Gasteiger partial charge on any atom is 0.411 e. The van der Waals surface area contributed by atoms with E-state index in [4.69, 9.17) is 14.7 Å². The molecule has 7 nitrogen and oxygen atoms in total. The van der Waals surface area contributed by atoms with E-state index < -0.39 is 6.09 Å². The summed E-state index contributed by atoms with van der Waals surface area (Å²) in [6, 6.07) is 9.89. The van der Waals surface area contributed by atoms with E-state index in [-0.39, 0.29) is 5.88 Å². The third-order valence-electron chi connectivity index (χ3n) is 3.51. The van der Waals surface area contributed by atoms with E-state index in [1.165, 1.54) is 23.4 Å². The highest BCUT2D eigenvalue weighted by atomic mass is 79.9. The largest absolute Gasteiger partial charge is 0.427 e. The standard InChI is InChI=1S/C17H11BrN4O3S2/c18-10-5-3-9(4-6-10)12-8-11-14(26-12)16(25-17(19)23)22-21-15(11)20-13-2-1-7-24-27-13/h1-8H,(H2,19,23)(H,20,21). The highest BCUT2D eigenvalue weighted by Gasteiger charge is 2.18. The number of carbonyl (C=O) groups excluding carboxylic acids is 1. The van der Waals surface area contributed by atoms with Gasteiger partial charge in [-0.05, 0) is 35.9 Å². The first kappa shape index (κ1) is 17.8. The molecule has 0 bridgehead atoms. The number of hydrogen-bond acceptors (Lipinski definition) is 8. The second-order valence-electron chi connectivity index (χ2n) is 5.30. The number of amides is 1. The van der Waals surface area contributed by atoms with Crippen LogP contribution in [0.1, 0.15) is 0 Å². The Morgan fingerprint density at radius 3 is 2.78 bits per heavy atom. The number of allylic oxidation sites excluding steroid dienone is 2. The van der Waals surface area contributed by atoms with E-state index >= 15 is 0 Å². The van der Waals surface area contributed by atoms with Crippen molar-refractivity contribution in [3.05, 3.63) is 58.2 Å². The number of rotatable bonds is 4. The number of thiophene rings is 1. The van der Waals surface area contributed by atoms with Gasteiger partial charge in [0.25, 0.3) is 5.88 Å². The minimum Gasteiger partial charge on any atom is -0.427 e. The van der Waals surface area contributed by atoms with Gasteiger partial charge in [-0.3, -0.25) is 0 Å². The Kier molecular flexibility index (Phi) is 5.01. The molecule has 0 saturated heterocycles. The van der Waals surface area contributed by atoms with Gasteiger partial charge in [0.05, 0.1) is 0 Å². The van der Waals surface area contributed by atoms with Gasteiger partial charge < -0.3 is 20.0 Å². The molecule has 136 valence electrons. The van der Waals surface area contributed by atoms with Crippen molar-refractivity contribution in [3.8, 4) is 16.3 Å². The molecule has 0 radical (unpaired) electrons. The fourth-order valence-electron chi connectivity index (χ4n) is 2.38. The number of fused-ring (bicyclic) bond motifs is 1. The Morgan fingerprint density at radius 2 is 2.07 bits per heavy atom. The molecular weight excluding hydrogens is 452 g/mol. The highest BCUT2D eigenvalue weighted by molar-refractivity contribution is 9.10. The van der Waals surface area contributed by atoms with Crippen molar-refractivity contribution < 1.29 is 13.7 Å². The van der Waals surface area contributed by atoms with Gasteiger partial charge >= 0.3 is 6.09 Å². The van der Waals surface area contributed by atoms with Crippen LogP contribution in [0, 0.1) is 0 Å². The molecule has 3 aromatic rings. The van der Waals surface area contributed by atoms with Gasteiger partial charge in [-0.1, -0.05) is 28.1 Å². The average molecular weight is 463 g/mol. The van der Waals surface area contributed by atoms with E-state index in [9.17, 15) is 4.79 Å². The lowest BCUT2D eigenvalue weighted by molar-refractivity contribution is 0.209. The smallest absolute Gasteiger partial charge is 0.411 e. The van der Waals surface area contributed by atoms with Crippen molar-refractivity contribution in [1.29, 1.82) is 0 Å². The summed E-state index contributed by atoms with van der Waals surface area (Å²) >= 11 is 6.05. The third-order valence-corrected chi connectivity index (χ3v) is 5.84. The molecule has 1 amide bonds. The van der Waals surface area contributed by atoms with E-state index in [2.05, 4.69) is 31.4 Å². The normalized spacial score (nSPS) is 13.1. The second kappa shape index (κ2) is 7.59. The summed E-state index contributed by atoms with van der Waals surface area (Å²) in [5.41, 5.74) is 6.18. The molecule has 0 aliphatic carbocycles. The summed E-state index contributed by atoms with van der Waals surface area (Å²) in [7, 11) is 0. The van der Waals surface area contributed by atoms with E-state index in [0.29, 0.717) is 10.5 Å². The second-order valence-corrected chi connectivity index (χ2v) is 8.07. The van der Waals surface area contributed by atoms with E-state index in [1.54, 1.807) is 12.3 Å². The van der Waals surface area contributed by atoms with Crippen molar-refractivity contribution in [3.63, 3.8) is 0 Å². The number of carbonyl (C=O) groups is 1. The molecule has 4 rings (SSSR count). The van der Waals surface area contributed by atoms with Crippen LogP contribution in [0.25, 0.3) is 20.5 Å². The minimum atomic E-state index is -0.936. The number of primary amides is 1. The quantitative estimate of drug-likeness (QED) is 0.524. The van der Waals surface area contributed by atoms with Crippen LogP contribution in [-0.4, -0.2) is 16.3 Å². The van der Waals surface area contributed by atoms with Crippen LogP contribution >= 0.6 is 39.3 Å². The predicted molar refractivity (Wildman–Crippen MR) is 110 cm³/mol. The number of nitrogens with two attached hydrogens (primary N) is 1. The number of ether oxygens (including phenoxy) is 1. The third kappa shape index (κ3) is 3.92. The number of anilines is 1. The van der Waals surface area contributed by atoms with Crippen LogP contribution in [-0.2, 0) is 4.18 Å². The van der Waals surface area contributed by atoms with Crippen molar-refractivity contribution >= 4 is 61.3 Å². The number of benzene rings is 1. The zero-order valence-electron chi connectivity index (χ0n) is 13.5. The average Bonchev–Trinajstić information content (AvgIpc) is 3.11. The molecule has 3 heterocycles. The van der Waals surface area contributed by atoms with Gasteiger partial charge in [-0.2, -0.15) is 0 Å². The lowest BCUT2D eigenvalue weighted by Crippen LogP contribution is -2.17. The highest BCUT2D eigenvalue weighted by Crippen LogP contribution is 2.41. The molecule has 1 aliphatic heterocycles. The predicted octanol–water partition coefficient (Wildman–Crippen LogP) is 5.02. The van der Waals surface area contributed by atoms with Gasteiger partial charge in [-0.15, -0.1) is 21.5 Å². The molecule has 0 atom stereocenters. The van der Waals surface area contributed by atoms with Gasteiger partial charge in [0.2, 0.25) is 0 Å². The number of nitrogens with zero attached hydrogens (tertiary/aromatic N) is 2. The van der Waals surface area contributed by atoms with Crippen LogP contribution in [0.3, 0.4) is 0 Å². The molecule has 0 spiro atoms. The fourth-order valence-corrected chi connectivity index (χ4v) is 4.22. The van der Waals surface area contributed by atoms with Crippen molar-refractivity contribution in [2.45, 2.75) is 0 Å². The van der Waals surface area contributed by atoms with E-state index in [0.717, 1.165) is 25.3 Å². The molecule has 0 fully saturated rings. The first-order chi connectivity index (χ1) is 13.1. The Bertz CT molecular complexity index is 1080. The van der Waals surface area contributed by atoms with Crippen LogP contribution in [0.4, 0.5) is 10.6 Å². The Hall–Kier alpha value is -2.56. The monoisotopic (exact) mass is 462 g/mol. The Labute approximate surface area is 170 Å². The molecule has 1 aliphatic rings. The van der Waals surface area contributed by atoms with Gasteiger partial charge in [-0.25, -0.2) is 4.79 Å². The summed E-state index contributed by atoms with van der Waals surface area (Å²) in [6.45, 7) is 0. The molecular formula is C17H11BrN4O3S2. The number of nitrogens with one attached hydrogen (secondary N) is 1. The van der Waals surface area contributed by atoms with Crippen LogP contribution in [0.5, 0.6) is 5.88 Å². The topological polar surface area (TPSA) is 99.4 Å². The van der Waals surface area contributed by atoms with Crippen LogP contribution in [0.15, 0.2) is 58.2 Å². The number of aromatic nitrogens is 2. The SMILES string of the molecule is NC(=O)Oc1nnc(NC2=CC=COS2)c2cc(-c3ccc(Br)cc3)sc12. The molecule has 10 heteroatoms. The van der Waals surface area contributed by atoms with Crippen molar-refractivity contribution in [2.24, 2.45) is 5.73 Å². The molecule has 0 unspecified atom stereocenters. The van der Waals surface area contributed by atoms with Gasteiger partial charge in [0.15, 0.2) is 5.82 Å². The maximum absolute atomic E-state index is 11.2. The molecule has 27 heavy (non-hydrogen) atoms. The lowest BCUT2D eigenvalue weighted by atomic mass is 10.2. The van der Waals surface area contributed by atoms with E-state index in [1.807, 2.05) is 36.4 Å². The Balaban J connectivity index is 1.81. The summed E-state index contributed by atoms with van der Waals surface area (Å²) in [6.07, 6.45) is 4.28. The minimum absolute atomic E-state index is 0.0813. The molecule has 3 N–H and O–H groups in total. The van der Waals surface area contributed by atoms with Crippen LogP contribution in [0.2, 0.25) is 0 Å². The lowest BCUT2D eigenvalue weighted by Gasteiger charge is -2.11. The van der Waals surface area contributed by atoms with Gasteiger partial charge in [0.1, 0.15) is 28.0 Å². The van der Waals surface area contributed by atoms with Gasteiger partial charge in [0, 0.05) is 14.7 Å². The number of halogens is 1.